The van der Waals surface area contributed by atoms with Crippen molar-refractivity contribution in [2.45, 2.75) is 20.1 Å². The molecule has 1 atom stereocenters. The molecule has 2 aromatic carbocycles. The molecular formula is C19H17BrN2O5. The number of carbonyl (C=O) groups is 2. The van der Waals surface area contributed by atoms with Gasteiger partial charge in [-0.1, -0.05) is 22.0 Å². The summed E-state index contributed by atoms with van der Waals surface area (Å²) in [6, 6.07) is 12.4. The Morgan fingerprint density at radius 2 is 1.93 bits per heavy atom. The van der Waals surface area contributed by atoms with E-state index in [1.807, 2.05) is 24.3 Å². The lowest BCUT2D eigenvalue weighted by molar-refractivity contribution is -0.135. The van der Waals surface area contributed by atoms with Crippen LogP contribution in [0, 0.1) is 0 Å². The molecule has 0 bridgehead atoms. The fourth-order valence-corrected chi connectivity index (χ4v) is 3.00. The molecule has 3 rings (SSSR count). The highest BCUT2D eigenvalue weighted by Gasteiger charge is 2.33. The average Bonchev–Trinajstić information content (AvgIpc) is 3.07. The van der Waals surface area contributed by atoms with E-state index < -0.39 is 12.2 Å². The van der Waals surface area contributed by atoms with E-state index in [-0.39, 0.29) is 11.7 Å². The Bertz CT molecular complexity index is 928. The van der Waals surface area contributed by atoms with Crippen LogP contribution in [0.1, 0.15) is 31.2 Å². The first kappa shape index (κ1) is 18.9. The summed E-state index contributed by atoms with van der Waals surface area (Å²) in [4.78, 5) is 23.4. The minimum Gasteiger partial charge on any atom is -0.493 e. The van der Waals surface area contributed by atoms with E-state index in [9.17, 15) is 9.59 Å². The number of halogens is 1. The van der Waals surface area contributed by atoms with Crippen molar-refractivity contribution in [2.24, 2.45) is 5.10 Å². The second-order valence-electron chi connectivity index (χ2n) is 5.75. The van der Waals surface area contributed by atoms with Crippen LogP contribution in [0.15, 0.2) is 52.0 Å². The topological polar surface area (TPSA) is 77.4 Å². The molecule has 0 spiro atoms. The quantitative estimate of drug-likeness (QED) is 0.544. The summed E-state index contributed by atoms with van der Waals surface area (Å²) in [5.74, 6) is 0.198. The van der Waals surface area contributed by atoms with Crippen LogP contribution in [0.4, 0.5) is 0 Å². The van der Waals surface area contributed by atoms with Gasteiger partial charge < -0.3 is 14.2 Å². The number of hydrazone groups is 1. The summed E-state index contributed by atoms with van der Waals surface area (Å²) in [6.45, 7) is 2.70. The molecule has 0 fully saturated rings. The maximum Gasteiger partial charge on any atom is 0.308 e. The zero-order chi connectivity index (χ0) is 19.6. The van der Waals surface area contributed by atoms with Gasteiger partial charge in [0.1, 0.15) is 0 Å². The Hall–Kier alpha value is -2.87. The first-order valence-corrected chi connectivity index (χ1v) is 8.85. The predicted molar refractivity (Wildman–Crippen MR) is 101 cm³/mol. The van der Waals surface area contributed by atoms with Crippen molar-refractivity contribution in [3.63, 3.8) is 0 Å². The highest BCUT2D eigenvalue weighted by molar-refractivity contribution is 9.10. The van der Waals surface area contributed by atoms with Crippen LogP contribution in [0.3, 0.4) is 0 Å². The second-order valence-corrected chi connectivity index (χ2v) is 6.67. The number of methoxy groups -OCH3 is 1. The molecular weight excluding hydrogens is 416 g/mol. The van der Waals surface area contributed by atoms with Gasteiger partial charge in [0.15, 0.2) is 11.5 Å². The van der Waals surface area contributed by atoms with E-state index in [1.54, 1.807) is 18.2 Å². The lowest BCUT2D eigenvalue weighted by atomic mass is 10.1. The molecule has 1 aliphatic heterocycles. The van der Waals surface area contributed by atoms with Crippen molar-refractivity contribution in [3.05, 3.63) is 58.1 Å². The predicted octanol–water partition coefficient (Wildman–Crippen LogP) is 3.62. The zero-order valence-electron chi connectivity index (χ0n) is 14.9. The van der Waals surface area contributed by atoms with E-state index in [1.165, 1.54) is 26.0 Å². The highest BCUT2D eigenvalue weighted by Crippen LogP contribution is 2.36. The van der Waals surface area contributed by atoms with Crippen LogP contribution in [0.5, 0.6) is 11.5 Å². The molecule has 8 heteroatoms. The van der Waals surface area contributed by atoms with E-state index in [0.29, 0.717) is 17.2 Å². The third kappa shape index (κ3) is 4.11. The van der Waals surface area contributed by atoms with Crippen molar-refractivity contribution in [2.75, 3.05) is 7.11 Å². The van der Waals surface area contributed by atoms with Gasteiger partial charge in [0, 0.05) is 29.4 Å². The van der Waals surface area contributed by atoms with Crippen molar-refractivity contribution in [1.29, 1.82) is 0 Å². The fourth-order valence-electron chi connectivity index (χ4n) is 2.60. The molecule has 0 saturated carbocycles. The van der Waals surface area contributed by atoms with Crippen LogP contribution >= 0.6 is 15.9 Å². The highest BCUT2D eigenvalue weighted by atomic mass is 79.9. The molecule has 0 radical (unpaired) electrons. The van der Waals surface area contributed by atoms with Crippen LogP contribution in [0.25, 0.3) is 0 Å². The van der Waals surface area contributed by atoms with Gasteiger partial charge in [-0.25, -0.2) is 0 Å². The first-order chi connectivity index (χ1) is 12.9. The molecule has 0 N–H and O–H groups in total. The maximum absolute atomic E-state index is 12.1. The molecule has 0 aliphatic carbocycles. The van der Waals surface area contributed by atoms with Crippen LogP contribution in [-0.2, 0) is 14.3 Å². The molecule has 1 amide bonds. The normalized spacial score (nSPS) is 15.8. The van der Waals surface area contributed by atoms with Crippen molar-refractivity contribution < 1.29 is 23.8 Å². The Labute approximate surface area is 164 Å². The SMILES string of the molecule is COc1ccc(C2OC(c3cccc(Br)c3)=NN2C(C)=O)cc1OC(C)=O. The van der Waals surface area contributed by atoms with E-state index in [2.05, 4.69) is 21.0 Å². The Morgan fingerprint density at radius 3 is 2.56 bits per heavy atom. The summed E-state index contributed by atoms with van der Waals surface area (Å²) < 4.78 is 17.2. The van der Waals surface area contributed by atoms with E-state index in [0.717, 1.165) is 10.0 Å². The molecule has 0 saturated heterocycles. The van der Waals surface area contributed by atoms with E-state index in [4.69, 9.17) is 14.2 Å². The average molecular weight is 433 g/mol. The van der Waals surface area contributed by atoms with Gasteiger partial charge in [-0.3, -0.25) is 9.59 Å². The van der Waals surface area contributed by atoms with Gasteiger partial charge in [-0.2, -0.15) is 5.01 Å². The summed E-state index contributed by atoms with van der Waals surface area (Å²) in [7, 11) is 1.48. The van der Waals surface area contributed by atoms with Crippen molar-refractivity contribution in [3.8, 4) is 11.5 Å². The minimum atomic E-state index is -0.781. The third-order valence-electron chi connectivity index (χ3n) is 3.76. The summed E-state index contributed by atoms with van der Waals surface area (Å²) in [6.07, 6.45) is -0.781. The summed E-state index contributed by atoms with van der Waals surface area (Å²) in [5.41, 5.74) is 1.32. The number of carbonyl (C=O) groups excluding carboxylic acids is 2. The number of hydrogen-bond donors (Lipinski definition) is 0. The van der Waals surface area contributed by atoms with Crippen molar-refractivity contribution in [1.82, 2.24) is 5.01 Å². The standard InChI is InChI=1S/C19H17BrN2O5/c1-11(23)22-19(27-18(21-22)13-5-4-6-15(20)9-13)14-7-8-16(25-3)17(10-14)26-12(2)24/h4-10,19H,1-3H3. The molecule has 27 heavy (non-hydrogen) atoms. The molecule has 1 unspecified atom stereocenters. The number of amides is 1. The van der Waals surface area contributed by atoms with Gasteiger partial charge in [-0.05, 0) is 36.4 Å². The lowest BCUT2D eigenvalue weighted by Crippen LogP contribution is -2.25. The van der Waals surface area contributed by atoms with Gasteiger partial charge in [0.25, 0.3) is 0 Å². The first-order valence-electron chi connectivity index (χ1n) is 8.06. The molecule has 0 aromatic heterocycles. The van der Waals surface area contributed by atoms with Crippen LogP contribution in [0.2, 0.25) is 0 Å². The number of esters is 1. The monoisotopic (exact) mass is 432 g/mol. The van der Waals surface area contributed by atoms with Gasteiger partial charge in [-0.15, -0.1) is 5.10 Å². The smallest absolute Gasteiger partial charge is 0.308 e. The van der Waals surface area contributed by atoms with Crippen molar-refractivity contribution >= 4 is 33.7 Å². The fraction of sp³-hybridized carbons (Fsp3) is 0.211. The lowest BCUT2D eigenvalue weighted by Gasteiger charge is -2.20. The van der Waals surface area contributed by atoms with Crippen LogP contribution in [-0.4, -0.2) is 29.9 Å². The second kappa shape index (κ2) is 7.79. The molecule has 7 nitrogen and oxygen atoms in total. The largest absolute Gasteiger partial charge is 0.493 e. The Balaban J connectivity index is 1.96. The number of hydrogen-bond acceptors (Lipinski definition) is 6. The van der Waals surface area contributed by atoms with E-state index >= 15 is 0 Å². The van der Waals surface area contributed by atoms with Gasteiger partial charge in [0.2, 0.25) is 18.0 Å². The maximum atomic E-state index is 12.1. The number of benzene rings is 2. The summed E-state index contributed by atoms with van der Waals surface area (Å²) >= 11 is 3.41. The number of rotatable bonds is 4. The Kier molecular flexibility index (Phi) is 5.46. The Morgan fingerprint density at radius 1 is 1.15 bits per heavy atom. The molecule has 1 aliphatic rings. The zero-order valence-corrected chi connectivity index (χ0v) is 16.5. The van der Waals surface area contributed by atoms with Crippen LogP contribution < -0.4 is 9.47 Å². The number of nitrogens with zero attached hydrogens (tertiary/aromatic N) is 2. The molecule has 1 heterocycles. The van der Waals surface area contributed by atoms with Gasteiger partial charge >= 0.3 is 5.97 Å². The van der Waals surface area contributed by atoms with Gasteiger partial charge in [0.05, 0.1) is 7.11 Å². The third-order valence-corrected chi connectivity index (χ3v) is 4.26. The molecule has 2 aromatic rings. The summed E-state index contributed by atoms with van der Waals surface area (Å²) in [5, 5.41) is 5.55. The number of ether oxygens (including phenoxy) is 3. The minimum absolute atomic E-state index is 0.241. The molecule has 140 valence electrons.